The van der Waals surface area contributed by atoms with E-state index in [9.17, 15) is 0 Å². The number of nitrogens with zero attached hydrogens (tertiary/aromatic N) is 2. The molecule has 1 fully saturated rings. The Hall–Kier alpha value is -5.94. The minimum atomic E-state index is -0.111. The van der Waals surface area contributed by atoms with Crippen LogP contribution >= 0.6 is 0 Å². The molecule has 0 bridgehead atoms. The van der Waals surface area contributed by atoms with Gasteiger partial charge in [0.1, 0.15) is 22.3 Å². The Balaban J connectivity index is 1.17. The molecule has 0 saturated heterocycles. The summed E-state index contributed by atoms with van der Waals surface area (Å²) in [6, 6.07) is 42.4. The predicted octanol–water partition coefficient (Wildman–Crippen LogP) is 15.5. The first-order valence-corrected chi connectivity index (χ1v) is 24.2. The molecular weight excluding hydrogens is 791 g/mol. The van der Waals surface area contributed by atoms with Gasteiger partial charge in [-0.25, -0.2) is 0 Å². The van der Waals surface area contributed by atoms with Crippen LogP contribution in [0.4, 0.5) is 22.7 Å². The molecule has 9 aromatic rings. The van der Waals surface area contributed by atoms with Crippen molar-refractivity contribution >= 4 is 95.2 Å². The molecule has 5 heteroatoms. The first-order chi connectivity index (χ1) is 30.8. The van der Waals surface area contributed by atoms with E-state index in [2.05, 4.69) is 195 Å². The summed E-state index contributed by atoms with van der Waals surface area (Å²) in [6.45, 7) is 25.9. The maximum atomic E-state index is 6.99. The van der Waals surface area contributed by atoms with Crippen LogP contribution in [0.2, 0.25) is 0 Å². The van der Waals surface area contributed by atoms with Gasteiger partial charge in [0.25, 0.3) is 0 Å². The monoisotopic (exact) mass is 850 g/mol. The lowest BCUT2D eigenvalue weighted by molar-refractivity contribution is 0.195. The Morgan fingerprint density at radius 2 is 1.14 bits per heavy atom. The SMILES string of the molecule is CC(C)(C)c1cc2c3c(c1)C1(C)CCCCC1(C)N3c1cc3ccccc3c3c1B2N(c1ccc2c(c1)oc1cc(C(C)(C)C)ccc12)c1cc2oc4cc(C(C)(C)C)ccc4c2cc1-3. The van der Waals surface area contributed by atoms with E-state index in [1.807, 2.05) is 0 Å². The van der Waals surface area contributed by atoms with Crippen molar-refractivity contribution in [2.24, 2.45) is 0 Å². The highest BCUT2D eigenvalue weighted by molar-refractivity contribution is 6.94. The molecular formula is C60H59BN2O2. The molecule has 2 aromatic heterocycles. The van der Waals surface area contributed by atoms with Crippen LogP contribution in [-0.4, -0.2) is 12.4 Å². The highest BCUT2D eigenvalue weighted by atomic mass is 16.3. The van der Waals surface area contributed by atoms with Gasteiger partial charge in [0.15, 0.2) is 0 Å². The van der Waals surface area contributed by atoms with E-state index in [0.29, 0.717) is 0 Å². The van der Waals surface area contributed by atoms with Crippen molar-refractivity contribution in [3.05, 3.63) is 131 Å². The van der Waals surface area contributed by atoms with Gasteiger partial charge in [0, 0.05) is 67.4 Å². The van der Waals surface area contributed by atoms with Gasteiger partial charge < -0.3 is 18.5 Å². The molecule has 0 radical (unpaired) electrons. The highest BCUT2D eigenvalue weighted by Gasteiger charge is 2.62. The molecule has 4 aliphatic rings. The second-order valence-corrected chi connectivity index (χ2v) is 23.7. The summed E-state index contributed by atoms with van der Waals surface area (Å²) in [5.74, 6) is 0. The van der Waals surface area contributed by atoms with E-state index >= 15 is 0 Å². The lowest BCUT2D eigenvalue weighted by Crippen LogP contribution is -2.64. The summed E-state index contributed by atoms with van der Waals surface area (Å²) in [6.07, 6.45) is 4.84. The molecule has 5 heterocycles. The zero-order valence-corrected chi connectivity index (χ0v) is 40.0. The number of rotatable bonds is 1. The van der Waals surface area contributed by atoms with Gasteiger partial charge in [-0.1, -0.05) is 143 Å². The summed E-state index contributed by atoms with van der Waals surface area (Å²) >= 11 is 0. The zero-order chi connectivity index (χ0) is 44.9. The molecule has 324 valence electrons. The minimum absolute atomic E-state index is 0.00357. The third-order valence-electron chi connectivity index (χ3n) is 16.8. The van der Waals surface area contributed by atoms with E-state index in [0.717, 1.165) is 61.7 Å². The fourth-order valence-electron chi connectivity index (χ4n) is 12.9. The van der Waals surface area contributed by atoms with E-state index in [-0.39, 0.29) is 34.0 Å². The average Bonchev–Trinajstić information content (AvgIpc) is 3.88. The molecule has 0 spiro atoms. The number of benzene rings is 7. The van der Waals surface area contributed by atoms with Crippen molar-refractivity contribution in [1.29, 1.82) is 0 Å². The van der Waals surface area contributed by atoms with Crippen molar-refractivity contribution in [1.82, 2.24) is 0 Å². The molecule has 3 aliphatic heterocycles. The molecule has 65 heavy (non-hydrogen) atoms. The van der Waals surface area contributed by atoms with Gasteiger partial charge in [0.2, 0.25) is 0 Å². The summed E-state index contributed by atoms with van der Waals surface area (Å²) < 4.78 is 13.9. The van der Waals surface area contributed by atoms with Gasteiger partial charge in [-0.2, -0.15) is 0 Å². The molecule has 4 nitrogen and oxygen atoms in total. The lowest BCUT2D eigenvalue weighted by Gasteiger charge is -2.53. The predicted molar refractivity (Wildman–Crippen MR) is 276 cm³/mol. The van der Waals surface area contributed by atoms with Crippen molar-refractivity contribution in [2.45, 2.75) is 129 Å². The highest BCUT2D eigenvalue weighted by Crippen LogP contribution is 2.63. The molecule has 0 amide bonds. The van der Waals surface area contributed by atoms with Crippen LogP contribution < -0.4 is 20.6 Å². The summed E-state index contributed by atoms with van der Waals surface area (Å²) in [5, 5.41) is 7.20. The molecule has 7 aromatic carbocycles. The topological polar surface area (TPSA) is 32.8 Å². The largest absolute Gasteiger partial charge is 0.456 e. The normalized spacial score (nSPS) is 20.3. The first kappa shape index (κ1) is 39.4. The Bertz CT molecular complexity index is 3570. The molecule has 0 N–H and O–H groups in total. The Labute approximate surface area is 383 Å². The molecule has 2 unspecified atom stereocenters. The molecule has 13 rings (SSSR count). The van der Waals surface area contributed by atoms with Gasteiger partial charge >= 0.3 is 6.85 Å². The Morgan fingerprint density at radius 1 is 0.538 bits per heavy atom. The van der Waals surface area contributed by atoms with E-state index in [1.165, 1.54) is 85.7 Å². The molecule has 2 atom stereocenters. The van der Waals surface area contributed by atoms with Crippen LogP contribution in [-0.2, 0) is 21.7 Å². The van der Waals surface area contributed by atoms with Crippen LogP contribution in [0, 0.1) is 0 Å². The molecule has 1 saturated carbocycles. The second kappa shape index (κ2) is 12.5. The van der Waals surface area contributed by atoms with E-state index in [4.69, 9.17) is 8.83 Å². The van der Waals surface area contributed by atoms with Crippen LogP contribution in [0.3, 0.4) is 0 Å². The van der Waals surface area contributed by atoms with Gasteiger partial charge in [-0.3, -0.25) is 0 Å². The molecule has 1 aliphatic carbocycles. The maximum Gasteiger partial charge on any atom is 0.333 e. The van der Waals surface area contributed by atoms with Gasteiger partial charge in [-0.15, -0.1) is 0 Å². The van der Waals surface area contributed by atoms with Crippen molar-refractivity contribution in [3.8, 4) is 11.1 Å². The Kier molecular flexibility index (Phi) is 7.57. The summed E-state index contributed by atoms with van der Waals surface area (Å²) in [5.41, 5.74) is 19.5. The smallest absolute Gasteiger partial charge is 0.333 e. The van der Waals surface area contributed by atoms with Crippen molar-refractivity contribution < 1.29 is 8.83 Å². The van der Waals surface area contributed by atoms with Crippen LogP contribution in [0.1, 0.15) is 124 Å². The number of hydrogen-bond acceptors (Lipinski definition) is 4. The lowest BCUT2D eigenvalue weighted by atomic mass is 9.42. The summed E-state index contributed by atoms with van der Waals surface area (Å²) in [7, 11) is 0. The average molecular weight is 851 g/mol. The first-order valence-electron chi connectivity index (χ1n) is 24.2. The van der Waals surface area contributed by atoms with E-state index < -0.39 is 0 Å². The van der Waals surface area contributed by atoms with Crippen molar-refractivity contribution in [3.63, 3.8) is 0 Å². The van der Waals surface area contributed by atoms with Crippen LogP contribution in [0.25, 0.3) is 65.8 Å². The summed E-state index contributed by atoms with van der Waals surface area (Å²) in [4.78, 5) is 5.53. The van der Waals surface area contributed by atoms with Crippen molar-refractivity contribution in [2.75, 3.05) is 9.71 Å². The number of anilines is 4. The van der Waals surface area contributed by atoms with Crippen LogP contribution in [0.5, 0.6) is 0 Å². The second-order valence-electron chi connectivity index (χ2n) is 23.7. The maximum absolute atomic E-state index is 6.99. The third kappa shape index (κ3) is 5.16. The van der Waals surface area contributed by atoms with Gasteiger partial charge in [0.05, 0.1) is 5.54 Å². The zero-order valence-electron chi connectivity index (χ0n) is 40.0. The fraction of sp³-hybridized carbons (Fsp3) is 0.333. The Morgan fingerprint density at radius 3 is 1.82 bits per heavy atom. The van der Waals surface area contributed by atoms with Gasteiger partial charge in [-0.05, 0) is 122 Å². The van der Waals surface area contributed by atoms with Crippen LogP contribution in [0.15, 0.2) is 118 Å². The number of furan rings is 2. The van der Waals surface area contributed by atoms with E-state index in [1.54, 1.807) is 0 Å². The number of fused-ring (bicyclic) bond motifs is 15. The fourth-order valence-corrected chi connectivity index (χ4v) is 12.9. The number of hydrogen-bond donors (Lipinski definition) is 0. The minimum Gasteiger partial charge on any atom is -0.456 e. The standard InChI is InChI=1S/C60H59BN2O2/c1-56(2,3)35-18-21-40-41-23-20-38(31-51(41)64-49(40)29-35)63-47-33-52-43(42-22-19-36(57(4,5)6)30-50(42)65-52)32-44(47)53-39-17-13-12-16-34(39)26-48-54(53)61(63)46-28-37(58(7,8)9)27-45-55(46)62(48)60(11)25-15-14-24-59(45,60)10/h12-13,16-23,26-33H,14-15,24-25H2,1-11H3. The third-order valence-corrected chi connectivity index (χ3v) is 16.8. The quantitative estimate of drug-likeness (QED) is 0.154.